The minimum absolute atomic E-state index is 0.0417. The number of halogens is 2. The van der Waals surface area contributed by atoms with Gasteiger partial charge in [0.25, 0.3) is 11.6 Å². The Labute approximate surface area is 118 Å². The fraction of sp³-hybridized carbons (Fsp3) is 0.364. The van der Waals surface area contributed by atoms with Gasteiger partial charge in [-0.1, -0.05) is 34.5 Å². The van der Waals surface area contributed by atoms with Crippen LogP contribution in [0.3, 0.4) is 0 Å². The van der Waals surface area contributed by atoms with E-state index in [4.69, 9.17) is 11.6 Å². The molecule has 0 N–H and O–H groups in total. The van der Waals surface area contributed by atoms with Crippen molar-refractivity contribution >= 4 is 39.1 Å². The molecule has 18 heavy (non-hydrogen) atoms. The summed E-state index contributed by atoms with van der Waals surface area (Å²) in [4.78, 5) is 23.9. The van der Waals surface area contributed by atoms with E-state index in [2.05, 4.69) is 15.9 Å². The molecule has 0 aliphatic rings. The largest absolute Gasteiger partial charge is 0.340 e. The van der Waals surface area contributed by atoms with Crippen LogP contribution in [-0.2, 0) is 0 Å². The minimum Gasteiger partial charge on any atom is -0.340 e. The number of alkyl halides is 1. The van der Waals surface area contributed by atoms with E-state index in [1.165, 1.54) is 23.1 Å². The summed E-state index contributed by atoms with van der Waals surface area (Å²) >= 11 is 9.02. The molecule has 1 unspecified atom stereocenters. The first kappa shape index (κ1) is 14.9. The maximum atomic E-state index is 12.1. The predicted octanol–water partition coefficient (Wildman–Crippen LogP) is 3.10. The van der Waals surface area contributed by atoms with E-state index >= 15 is 0 Å². The molecule has 0 bridgehead atoms. The van der Waals surface area contributed by atoms with Crippen molar-refractivity contribution in [1.82, 2.24) is 4.90 Å². The lowest BCUT2D eigenvalue weighted by molar-refractivity contribution is -0.385. The van der Waals surface area contributed by atoms with E-state index in [1.54, 1.807) is 7.05 Å². The van der Waals surface area contributed by atoms with Gasteiger partial charge in [0.2, 0.25) is 0 Å². The SMILES string of the molecule is CC(Br)CN(C)C(=O)c1ccc(Cl)cc1[N+](=O)[O-]. The normalized spacial score (nSPS) is 12.0. The Morgan fingerprint density at radius 3 is 2.72 bits per heavy atom. The lowest BCUT2D eigenvalue weighted by atomic mass is 10.1. The number of benzene rings is 1. The zero-order valence-corrected chi connectivity index (χ0v) is 12.2. The van der Waals surface area contributed by atoms with Crippen LogP contribution in [0.5, 0.6) is 0 Å². The van der Waals surface area contributed by atoms with Gasteiger partial charge < -0.3 is 4.90 Å². The molecule has 0 fully saturated rings. The molecule has 0 aliphatic heterocycles. The smallest absolute Gasteiger partial charge is 0.283 e. The first-order valence-electron chi connectivity index (χ1n) is 5.16. The highest BCUT2D eigenvalue weighted by Crippen LogP contribution is 2.24. The van der Waals surface area contributed by atoms with Gasteiger partial charge >= 0.3 is 0 Å². The summed E-state index contributed by atoms with van der Waals surface area (Å²) in [6, 6.07) is 4.02. The van der Waals surface area contributed by atoms with Gasteiger partial charge in [-0.2, -0.15) is 0 Å². The molecule has 1 aromatic carbocycles. The van der Waals surface area contributed by atoms with Crippen LogP contribution in [0.4, 0.5) is 5.69 Å². The lowest BCUT2D eigenvalue weighted by Crippen LogP contribution is -2.31. The van der Waals surface area contributed by atoms with Crippen LogP contribution in [-0.4, -0.2) is 34.2 Å². The van der Waals surface area contributed by atoms with E-state index < -0.39 is 10.8 Å². The number of carbonyl (C=O) groups is 1. The minimum atomic E-state index is -0.607. The van der Waals surface area contributed by atoms with Gasteiger partial charge in [-0.3, -0.25) is 14.9 Å². The van der Waals surface area contributed by atoms with E-state index in [0.717, 1.165) is 0 Å². The van der Waals surface area contributed by atoms with Gasteiger partial charge in [0, 0.05) is 29.5 Å². The van der Waals surface area contributed by atoms with E-state index in [1.807, 2.05) is 6.92 Å². The van der Waals surface area contributed by atoms with Crippen LogP contribution in [0.2, 0.25) is 5.02 Å². The third-order valence-corrected chi connectivity index (χ3v) is 2.78. The average Bonchev–Trinajstić information content (AvgIpc) is 2.26. The molecule has 0 aliphatic carbocycles. The molecule has 7 heteroatoms. The van der Waals surface area contributed by atoms with Gasteiger partial charge in [0.15, 0.2) is 0 Å². The third kappa shape index (κ3) is 3.68. The van der Waals surface area contributed by atoms with Crippen LogP contribution in [0.15, 0.2) is 18.2 Å². The Morgan fingerprint density at radius 1 is 1.61 bits per heavy atom. The third-order valence-electron chi connectivity index (χ3n) is 2.26. The van der Waals surface area contributed by atoms with Crippen LogP contribution in [0, 0.1) is 10.1 Å². The standard InChI is InChI=1S/C11H12BrClN2O3/c1-7(12)6-14(2)11(16)9-4-3-8(13)5-10(9)15(17)18/h3-5,7H,6H2,1-2H3. The Morgan fingerprint density at radius 2 is 2.22 bits per heavy atom. The van der Waals surface area contributed by atoms with Crippen molar-refractivity contribution in [3.05, 3.63) is 38.9 Å². The molecule has 1 amide bonds. The molecule has 0 heterocycles. The summed E-state index contributed by atoms with van der Waals surface area (Å²) in [7, 11) is 1.60. The second-order valence-corrected chi connectivity index (χ2v) is 5.88. The highest BCUT2D eigenvalue weighted by Gasteiger charge is 2.23. The summed E-state index contributed by atoms with van der Waals surface area (Å²) in [5.41, 5.74) is -0.235. The predicted molar refractivity (Wildman–Crippen MR) is 73.5 cm³/mol. The van der Waals surface area contributed by atoms with Gasteiger partial charge in [0.1, 0.15) is 5.56 Å². The molecule has 0 spiro atoms. The molecule has 0 radical (unpaired) electrons. The maximum Gasteiger partial charge on any atom is 0.283 e. The van der Waals surface area contributed by atoms with Crippen LogP contribution in [0.25, 0.3) is 0 Å². The first-order chi connectivity index (χ1) is 8.32. The van der Waals surface area contributed by atoms with Gasteiger partial charge in [-0.15, -0.1) is 0 Å². The Kier molecular flexibility index (Phi) is 5.10. The number of nitro benzene ring substituents is 1. The molecule has 1 aromatic rings. The molecule has 5 nitrogen and oxygen atoms in total. The zero-order chi connectivity index (χ0) is 13.9. The topological polar surface area (TPSA) is 63.5 Å². The molecule has 98 valence electrons. The van der Waals surface area contributed by atoms with Crippen molar-refractivity contribution in [2.24, 2.45) is 0 Å². The number of nitro groups is 1. The van der Waals surface area contributed by atoms with Crippen LogP contribution < -0.4 is 0 Å². The van der Waals surface area contributed by atoms with Crippen LogP contribution in [0.1, 0.15) is 17.3 Å². The number of rotatable bonds is 4. The van der Waals surface area contributed by atoms with Crippen molar-refractivity contribution in [3.8, 4) is 0 Å². The number of amides is 1. The van der Waals surface area contributed by atoms with E-state index in [-0.39, 0.29) is 21.1 Å². The fourth-order valence-electron chi connectivity index (χ4n) is 1.50. The summed E-state index contributed by atoms with van der Waals surface area (Å²) in [5, 5.41) is 11.1. The second kappa shape index (κ2) is 6.15. The van der Waals surface area contributed by atoms with E-state index in [9.17, 15) is 14.9 Å². The van der Waals surface area contributed by atoms with Gasteiger partial charge in [-0.05, 0) is 12.1 Å². The van der Waals surface area contributed by atoms with Crippen molar-refractivity contribution in [1.29, 1.82) is 0 Å². The highest BCUT2D eigenvalue weighted by molar-refractivity contribution is 9.09. The zero-order valence-electron chi connectivity index (χ0n) is 9.89. The lowest BCUT2D eigenvalue weighted by Gasteiger charge is -2.18. The number of hydrogen-bond acceptors (Lipinski definition) is 3. The van der Waals surface area contributed by atoms with E-state index in [0.29, 0.717) is 6.54 Å². The molecular formula is C11H12BrClN2O3. The molecule has 1 rings (SSSR count). The summed E-state index contributed by atoms with van der Waals surface area (Å²) in [5.74, 6) is -0.398. The molecule has 0 saturated heterocycles. The first-order valence-corrected chi connectivity index (χ1v) is 6.45. The monoisotopic (exact) mass is 334 g/mol. The Hall–Kier alpha value is -1.14. The van der Waals surface area contributed by atoms with Crippen molar-refractivity contribution < 1.29 is 9.72 Å². The number of carbonyl (C=O) groups excluding carboxylic acids is 1. The van der Waals surface area contributed by atoms with Crippen molar-refractivity contribution in [2.45, 2.75) is 11.8 Å². The molecule has 1 atom stereocenters. The van der Waals surface area contributed by atoms with Crippen LogP contribution >= 0.6 is 27.5 Å². The summed E-state index contributed by atoms with van der Waals surface area (Å²) in [6.07, 6.45) is 0. The Balaban J connectivity index is 3.09. The summed E-state index contributed by atoms with van der Waals surface area (Å²) in [6.45, 7) is 2.35. The Bertz CT molecular complexity index is 479. The van der Waals surface area contributed by atoms with Gasteiger partial charge in [-0.25, -0.2) is 0 Å². The van der Waals surface area contributed by atoms with Crippen molar-refractivity contribution in [2.75, 3.05) is 13.6 Å². The second-order valence-electron chi connectivity index (χ2n) is 3.89. The molecule has 0 saturated carbocycles. The number of hydrogen-bond donors (Lipinski definition) is 0. The number of nitrogens with zero attached hydrogens (tertiary/aromatic N) is 2. The maximum absolute atomic E-state index is 12.1. The molecule has 0 aromatic heterocycles. The fourth-order valence-corrected chi connectivity index (χ4v) is 2.10. The molecular weight excluding hydrogens is 323 g/mol. The summed E-state index contributed by atoms with van der Waals surface area (Å²) < 4.78 is 0. The quantitative estimate of drug-likeness (QED) is 0.482. The average molecular weight is 336 g/mol. The highest BCUT2D eigenvalue weighted by atomic mass is 79.9. The van der Waals surface area contributed by atoms with Crippen molar-refractivity contribution in [3.63, 3.8) is 0 Å². The van der Waals surface area contributed by atoms with Gasteiger partial charge in [0.05, 0.1) is 4.92 Å².